The molecule has 2 heterocycles. The van der Waals surface area contributed by atoms with Crippen LogP contribution >= 0.6 is 11.3 Å². The van der Waals surface area contributed by atoms with Crippen LogP contribution in [-0.2, 0) is 11.3 Å². The third-order valence-corrected chi connectivity index (χ3v) is 3.31. The first kappa shape index (κ1) is 10.1. The molecule has 0 bridgehead atoms. The molecular weight excluding hydrogens is 196 g/mol. The van der Waals surface area contributed by atoms with Crippen molar-refractivity contribution in [3.05, 3.63) is 16.6 Å². The van der Waals surface area contributed by atoms with E-state index in [1.165, 1.54) is 17.7 Å². The minimum Gasteiger partial charge on any atom is -0.371 e. The standard InChI is InChI=1S/C10H16N2OS/c1-8-2-3-9(4-12-8)13-6-10-5-11-7-14-10/h5,7-9,12H,2-4,6H2,1H3. The molecule has 4 heteroatoms. The molecular formula is C10H16N2OS. The third-order valence-electron chi connectivity index (χ3n) is 2.56. The molecule has 14 heavy (non-hydrogen) atoms. The zero-order valence-corrected chi connectivity index (χ0v) is 9.22. The molecule has 0 aromatic carbocycles. The molecule has 1 saturated heterocycles. The molecule has 78 valence electrons. The molecule has 2 atom stereocenters. The molecule has 0 spiro atoms. The van der Waals surface area contributed by atoms with Crippen molar-refractivity contribution in [3.63, 3.8) is 0 Å². The van der Waals surface area contributed by atoms with Crippen LogP contribution in [0.1, 0.15) is 24.6 Å². The normalized spacial score (nSPS) is 27.8. The van der Waals surface area contributed by atoms with Gasteiger partial charge in [-0.2, -0.15) is 0 Å². The first-order valence-electron chi connectivity index (χ1n) is 5.07. The van der Waals surface area contributed by atoms with E-state index in [-0.39, 0.29) is 0 Å². The molecule has 3 nitrogen and oxygen atoms in total. The fraction of sp³-hybridized carbons (Fsp3) is 0.700. The van der Waals surface area contributed by atoms with Crippen molar-refractivity contribution in [3.8, 4) is 0 Å². The maximum Gasteiger partial charge on any atom is 0.0829 e. The van der Waals surface area contributed by atoms with E-state index >= 15 is 0 Å². The lowest BCUT2D eigenvalue weighted by Crippen LogP contribution is -2.40. The van der Waals surface area contributed by atoms with Crippen LogP contribution in [0.25, 0.3) is 0 Å². The fourth-order valence-electron chi connectivity index (χ4n) is 1.63. The number of nitrogens with one attached hydrogen (secondary N) is 1. The van der Waals surface area contributed by atoms with Crippen LogP contribution in [0.2, 0.25) is 0 Å². The van der Waals surface area contributed by atoms with E-state index in [1.807, 2.05) is 11.7 Å². The van der Waals surface area contributed by atoms with E-state index in [4.69, 9.17) is 4.74 Å². The highest BCUT2D eigenvalue weighted by molar-refractivity contribution is 7.09. The number of aromatic nitrogens is 1. The lowest BCUT2D eigenvalue weighted by atomic mass is 10.0. The Labute approximate surface area is 88.5 Å². The molecule has 1 aliphatic heterocycles. The van der Waals surface area contributed by atoms with Crippen molar-refractivity contribution in [2.24, 2.45) is 0 Å². The van der Waals surface area contributed by atoms with Crippen molar-refractivity contribution in [1.82, 2.24) is 10.3 Å². The van der Waals surface area contributed by atoms with Gasteiger partial charge in [0.15, 0.2) is 0 Å². The van der Waals surface area contributed by atoms with E-state index in [0.29, 0.717) is 18.8 Å². The summed E-state index contributed by atoms with van der Waals surface area (Å²) in [6, 6.07) is 0.651. The van der Waals surface area contributed by atoms with E-state index in [2.05, 4.69) is 17.2 Å². The third kappa shape index (κ3) is 2.77. The zero-order valence-electron chi connectivity index (χ0n) is 8.40. The first-order chi connectivity index (χ1) is 6.84. The van der Waals surface area contributed by atoms with Gasteiger partial charge in [-0.3, -0.25) is 4.98 Å². The largest absolute Gasteiger partial charge is 0.371 e. The van der Waals surface area contributed by atoms with E-state index in [9.17, 15) is 0 Å². The predicted molar refractivity (Wildman–Crippen MR) is 57.4 cm³/mol. The van der Waals surface area contributed by atoms with Gasteiger partial charge in [0.05, 0.1) is 23.1 Å². The van der Waals surface area contributed by atoms with Crippen LogP contribution in [0, 0.1) is 0 Å². The SMILES string of the molecule is CC1CCC(OCc2cncs2)CN1. The van der Waals surface area contributed by atoms with Crippen LogP contribution in [0.5, 0.6) is 0 Å². The summed E-state index contributed by atoms with van der Waals surface area (Å²) in [6.07, 6.45) is 4.65. The summed E-state index contributed by atoms with van der Waals surface area (Å²) < 4.78 is 5.78. The van der Waals surface area contributed by atoms with Crippen molar-refractivity contribution in [2.45, 2.75) is 38.5 Å². The van der Waals surface area contributed by atoms with Crippen molar-refractivity contribution >= 4 is 11.3 Å². The molecule has 0 radical (unpaired) electrons. The Hall–Kier alpha value is -0.450. The minimum absolute atomic E-state index is 0.383. The average molecular weight is 212 g/mol. The summed E-state index contributed by atoms with van der Waals surface area (Å²) in [5.74, 6) is 0. The second-order valence-corrected chi connectivity index (χ2v) is 4.76. The highest BCUT2D eigenvalue weighted by Gasteiger charge is 2.17. The molecule has 1 fully saturated rings. The number of hydrogen-bond acceptors (Lipinski definition) is 4. The molecule has 1 aliphatic rings. The van der Waals surface area contributed by atoms with Gasteiger partial charge < -0.3 is 10.1 Å². The lowest BCUT2D eigenvalue weighted by Gasteiger charge is -2.27. The van der Waals surface area contributed by atoms with Gasteiger partial charge in [0.2, 0.25) is 0 Å². The Morgan fingerprint density at radius 2 is 2.57 bits per heavy atom. The number of rotatable bonds is 3. The number of ether oxygens (including phenoxy) is 1. The number of hydrogen-bond donors (Lipinski definition) is 1. The molecule has 0 aliphatic carbocycles. The van der Waals surface area contributed by atoms with Crippen LogP contribution in [-0.4, -0.2) is 23.7 Å². The van der Waals surface area contributed by atoms with Gasteiger partial charge in [-0.25, -0.2) is 0 Å². The van der Waals surface area contributed by atoms with Crippen molar-refractivity contribution < 1.29 is 4.74 Å². The molecule has 1 aromatic heterocycles. The summed E-state index contributed by atoms with van der Waals surface area (Å²) in [5, 5.41) is 3.42. The molecule has 2 rings (SSSR count). The minimum atomic E-state index is 0.383. The van der Waals surface area contributed by atoms with Gasteiger partial charge in [0, 0.05) is 18.8 Å². The quantitative estimate of drug-likeness (QED) is 0.829. The van der Waals surface area contributed by atoms with Crippen molar-refractivity contribution in [2.75, 3.05) is 6.54 Å². The molecule has 1 N–H and O–H groups in total. The Kier molecular flexibility index (Phi) is 3.50. The lowest BCUT2D eigenvalue weighted by molar-refractivity contribution is 0.0206. The zero-order chi connectivity index (χ0) is 9.80. The Morgan fingerprint density at radius 3 is 3.21 bits per heavy atom. The smallest absolute Gasteiger partial charge is 0.0829 e. The van der Waals surface area contributed by atoms with Gasteiger partial charge in [0.1, 0.15) is 0 Å². The maximum atomic E-state index is 5.78. The second kappa shape index (κ2) is 4.87. The van der Waals surface area contributed by atoms with Crippen LogP contribution in [0.4, 0.5) is 0 Å². The summed E-state index contributed by atoms with van der Waals surface area (Å²) in [6.45, 7) is 3.92. The monoisotopic (exact) mass is 212 g/mol. The van der Waals surface area contributed by atoms with Crippen LogP contribution in [0.3, 0.4) is 0 Å². The topological polar surface area (TPSA) is 34.1 Å². The fourth-order valence-corrected chi connectivity index (χ4v) is 2.14. The van der Waals surface area contributed by atoms with Gasteiger partial charge in [-0.1, -0.05) is 0 Å². The molecule has 0 amide bonds. The Bertz CT molecular complexity index is 255. The highest BCUT2D eigenvalue weighted by Crippen LogP contribution is 2.14. The summed E-state index contributed by atoms with van der Waals surface area (Å²) in [4.78, 5) is 5.23. The Balaban J connectivity index is 1.71. The van der Waals surface area contributed by atoms with Crippen LogP contribution < -0.4 is 5.32 Å². The molecule has 0 saturated carbocycles. The summed E-state index contributed by atoms with van der Waals surface area (Å²) in [5.41, 5.74) is 1.85. The van der Waals surface area contributed by atoms with Gasteiger partial charge in [-0.05, 0) is 19.8 Å². The summed E-state index contributed by atoms with van der Waals surface area (Å²) >= 11 is 1.66. The van der Waals surface area contributed by atoms with Gasteiger partial charge in [0.25, 0.3) is 0 Å². The average Bonchev–Trinajstić information content (AvgIpc) is 2.70. The second-order valence-electron chi connectivity index (χ2n) is 3.79. The van der Waals surface area contributed by atoms with E-state index in [1.54, 1.807) is 11.3 Å². The number of piperidine rings is 1. The molecule has 2 unspecified atom stereocenters. The van der Waals surface area contributed by atoms with Gasteiger partial charge >= 0.3 is 0 Å². The van der Waals surface area contributed by atoms with E-state index < -0.39 is 0 Å². The summed E-state index contributed by atoms with van der Waals surface area (Å²) in [7, 11) is 0. The van der Waals surface area contributed by atoms with Crippen molar-refractivity contribution in [1.29, 1.82) is 0 Å². The maximum absolute atomic E-state index is 5.78. The number of thiazole rings is 1. The predicted octanol–water partition coefficient (Wildman–Crippen LogP) is 1.80. The molecule has 1 aromatic rings. The highest BCUT2D eigenvalue weighted by atomic mass is 32.1. The Morgan fingerprint density at radius 1 is 1.64 bits per heavy atom. The number of nitrogens with zero attached hydrogens (tertiary/aromatic N) is 1. The van der Waals surface area contributed by atoms with Crippen LogP contribution in [0.15, 0.2) is 11.7 Å². The van der Waals surface area contributed by atoms with Gasteiger partial charge in [-0.15, -0.1) is 11.3 Å². The van der Waals surface area contributed by atoms with E-state index in [0.717, 1.165) is 6.54 Å². The first-order valence-corrected chi connectivity index (χ1v) is 5.95.